The third kappa shape index (κ3) is 3.60. The Labute approximate surface area is 110 Å². The molecule has 18 heavy (non-hydrogen) atoms. The quantitative estimate of drug-likeness (QED) is 0.806. The van der Waals surface area contributed by atoms with E-state index in [1.54, 1.807) is 6.92 Å². The van der Waals surface area contributed by atoms with Gasteiger partial charge in [0, 0.05) is 0 Å². The van der Waals surface area contributed by atoms with E-state index in [1.807, 2.05) is 30.3 Å². The summed E-state index contributed by atoms with van der Waals surface area (Å²) in [6.45, 7) is 4.80. The van der Waals surface area contributed by atoms with Gasteiger partial charge in [-0.25, -0.2) is 0 Å². The highest BCUT2D eigenvalue weighted by atomic mass is 16.3. The lowest BCUT2D eigenvalue weighted by molar-refractivity contribution is 0.122. The standard InChI is InChI=1S/C16H21NO/c1-16(18,15-9-4-2-5-10-15)11-8-14-17-12-6-3-7-13-17/h2,4-5,9-10,18H,3,6-7,12-14H2,1H3/t16-/m0/s1. The number of hydrogen-bond acceptors (Lipinski definition) is 2. The van der Waals surface area contributed by atoms with Crippen molar-refractivity contribution in [2.24, 2.45) is 0 Å². The van der Waals surface area contributed by atoms with E-state index in [-0.39, 0.29) is 0 Å². The second-order valence-electron chi connectivity index (χ2n) is 5.08. The van der Waals surface area contributed by atoms with Crippen LogP contribution in [-0.4, -0.2) is 29.6 Å². The van der Waals surface area contributed by atoms with Crippen molar-refractivity contribution < 1.29 is 5.11 Å². The number of aliphatic hydroxyl groups is 1. The molecule has 2 nitrogen and oxygen atoms in total. The summed E-state index contributed by atoms with van der Waals surface area (Å²) in [5, 5.41) is 10.3. The summed E-state index contributed by atoms with van der Waals surface area (Å²) in [5.41, 5.74) is -0.187. The van der Waals surface area contributed by atoms with Crippen LogP contribution in [-0.2, 0) is 5.60 Å². The van der Waals surface area contributed by atoms with Crippen molar-refractivity contribution in [3.8, 4) is 11.8 Å². The molecule has 1 atom stereocenters. The molecule has 2 heteroatoms. The van der Waals surface area contributed by atoms with Crippen molar-refractivity contribution in [3.05, 3.63) is 35.9 Å². The molecule has 0 aromatic heterocycles. The maximum Gasteiger partial charge on any atom is 0.148 e. The molecule has 1 heterocycles. The van der Waals surface area contributed by atoms with Crippen LogP contribution in [0.1, 0.15) is 31.7 Å². The molecule has 1 aromatic carbocycles. The van der Waals surface area contributed by atoms with E-state index in [9.17, 15) is 5.11 Å². The number of piperidine rings is 1. The Balaban J connectivity index is 1.95. The highest BCUT2D eigenvalue weighted by Crippen LogP contribution is 2.18. The van der Waals surface area contributed by atoms with Crippen LogP contribution < -0.4 is 0 Å². The summed E-state index contributed by atoms with van der Waals surface area (Å²) in [6.07, 6.45) is 3.89. The Hall–Kier alpha value is -1.30. The molecule has 96 valence electrons. The minimum Gasteiger partial charge on any atom is -0.374 e. The molecule has 0 spiro atoms. The van der Waals surface area contributed by atoms with E-state index in [1.165, 1.54) is 19.3 Å². The largest absolute Gasteiger partial charge is 0.374 e. The molecule has 0 aliphatic carbocycles. The van der Waals surface area contributed by atoms with Crippen molar-refractivity contribution in [2.75, 3.05) is 19.6 Å². The summed E-state index contributed by atoms with van der Waals surface area (Å²) in [5.74, 6) is 6.11. The average Bonchev–Trinajstić information content (AvgIpc) is 2.41. The van der Waals surface area contributed by atoms with E-state index < -0.39 is 5.60 Å². The number of rotatable bonds is 2. The highest BCUT2D eigenvalue weighted by Gasteiger charge is 2.19. The minimum atomic E-state index is -1.04. The smallest absolute Gasteiger partial charge is 0.148 e. The lowest BCUT2D eigenvalue weighted by Gasteiger charge is -2.24. The van der Waals surface area contributed by atoms with Crippen LogP contribution in [0.2, 0.25) is 0 Å². The van der Waals surface area contributed by atoms with Crippen molar-refractivity contribution in [1.29, 1.82) is 0 Å². The molecule has 2 rings (SSSR count). The van der Waals surface area contributed by atoms with Gasteiger partial charge in [0.2, 0.25) is 0 Å². The van der Waals surface area contributed by atoms with Gasteiger partial charge < -0.3 is 5.11 Å². The van der Waals surface area contributed by atoms with Crippen molar-refractivity contribution >= 4 is 0 Å². The monoisotopic (exact) mass is 243 g/mol. The molecule has 1 saturated heterocycles. The van der Waals surface area contributed by atoms with Crippen molar-refractivity contribution in [1.82, 2.24) is 4.90 Å². The van der Waals surface area contributed by atoms with Gasteiger partial charge in [0.1, 0.15) is 5.60 Å². The zero-order chi connectivity index (χ0) is 12.8. The van der Waals surface area contributed by atoms with Gasteiger partial charge in [-0.15, -0.1) is 0 Å². The lowest BCUT2D eigenvalue weighted by atomic mass is 9.97. The van der Waals surface area contributed by atoms with Crippen LogP contribution in [0.15, 0.2) is 30.3 Å². The molecule has 0 amide bonds. The SMILES string of the molecule is C[C@](O)(C#CCN1CCCCC1)c1ccccc1. The van der Waals surface area contributed by atoms with Gasteiger partial charge in [-0.05, 0) is 38.4 Å². The summed E-state index contributed by atoms with van der Waals surface area (Å²) < 4.78 is 0. The second-order valence-corrected chi connectivity index (χ2v) is 5.08. The van der Waals surface area contributed by atoms with Crippen LogP contribution in [0.25, 0.3) is 0 Å². The predicted molar refractivity (Wildman–Crippen MR) is 74.1 cm³/mol. The van der Waals surface area contributed by atoms with Crippen LogP contribution >= 0.6 is 0 Å². The van der Waals surface area contributed by atoms with Crippen LogP contribution in [0.3, 0.4) is 0 Å². The molecule has 0 saturated carbocycles. The van der Waals surface area contributed by atoms with Crippen LogP contribution in [0, 0.1) is 11.8 Å². The fourth-order valence-electron chi connectivity index (χ4n) is 2.28. The molecule has 0 bridgehead atoms. The maximum atomic E-state index is 10.3. The molecule has 0 unspecified atom stereocenters. The Kier molecular flexibility index (Phi) is 4.41. The number of benzene rings is 1. The topological polar surface area (TPSA) is 23.5 Å². The van der Waals surface area contributed by atoms with Crippen LogP contribution in [0.5, 0.6) is 0 Å². The average molecular weight is 243 g/mol. The van der Waals surface area contributed by atoms with Crippen molar-refractivity contribution in [2.45, 2.75) is 31.8 Å². The molecule has 1 N–H and O–H groups in total. The second kappa shape index (κ2) is 6.04. The number of likely N-dealkylation sites (tertiary alicyclic amines) is 1. The summed E-state index contributed by atoms with van der Waals surface area (Å²) in [6, 6.07) is 9.62. The van der Waals surface area contributed by atoms with E-state index in [0.717, 1.165) is 25.2 Å². The first-order valence-corrected chi connectivity index (χ1v) is 6.69. The van der Waals surface area contributed by atoms with Gasteiger partial charge in [0.05, 0.1) is 6.54 Å². The Bertz CT molecular complexity index is 421. The zero-order valence-corrected chi connectivity index (χ0v) is 11.0. The van der Waals surface area contributed by atoms with E-state index in [2.05, 4.69) is 16.7 Å². The predicted octanol–water partition coefficient (Wildman–Crippen LogP) is 2.38. The fourth-order valence-corrected chi connectivity index (χ4v) is 2.28. The summed E-state index contributed by atoms with van der Waals surface area (Å²) in [4.78, 5) is 2.36. The normalized spacial score (nSPS) is 19.7. The minimum absolute atomic E-state index is 0.767. The first-order chi connectivity index (χ1) is 8.68. The van der Waals surface area contributed by atoms with Gasteiger partial charge in [-0.1, -0.05) is 48.6 Å². The Morgan fingerprint density at radius 2 is 1.83 bits per heavy atom. The van der Waals surface area contributed by atoms with E-state index in [4.69, 9.17) is 0 Å². The fraction of sp³-hybridized carbons (Fsp3) is 0.500. The molecule has 1 aliphatic heterocycles. The number of hydrogen-bond donors (Lipinski definition) is 1. The first kappa shape index (κ1) is 13.1. The van der Waals surface area contributed by atoms with Gasteiger partial charge >= 0.3 is 0 Å². The highest BCUT2D eigenvalue weighted by molar-refractivity contribution is 5.30. The molecular weight excluding hydrogens is 222 g/mol. The zero-order valence-electron chi connectivity index (χ0n) is 11.0. The number of nitrogens with zero attached hydrogens (tertiary/aromatic N) is 1. The molecule has 1 aromatic rings. The summed E-state index contributed by atoms with van der Waals surface area (Å²) >= 11 is 0. The van der Waals surface area contributed by atoms with Gasteiger partial charge in [0.15, 0.2) is 0 Å². The van der Waals surface area contributed by atoms with E-state index >= 15 is 0 Å². The third-order valence-electron chi connectivity index (χ3n) is 3.42. The molecule has 0 radical (unpaired) electrons. The van der Waals surface area contributed by atoms with Crippen molar-refractivity contribution in [3.63, 3.8) is 0 Å². The lowest BCUT2D eigenvalue weighted by Crippen LogP contribution is -2.30. The Morgan fingerprint density at radius 1 is 1.17 bits per heavy atom. The van der Waals surface area contributed by atoms with Gasteiger partial charge in [-0.2, -0.15) is 0 Å². The third-order valence-corrected chi connectivity index (χ3v) is 3.42. The maximum absolute atomic E-state index is 10.3. The molecule has 1 aliphatic rings. The molecular formula is C16H21NO. The summed E-state index contributed by atoms with van der Waals surface area (Å²) in [7, 11) is 0. The van der Waals surface area contributed by atoms with Gasteiger partial charge in [-0.3, -0.25) is 4.90 Å². The first-order valence-electron chi connectivity index (χ1n) is 6.69. The Morgan fingerprint density at radius 3 is 2.50 bits per heavy atom. The van der Waals surface area contributed by atoms with Crippen LogP contribution in [0.4, 0.5) is 0 Å². The molecule has 1 fully saturated rings. The van der Waals surface area contributed by atoms with Gasteiger partial charge in [0.25, 0.3) is 0 Å². The van der Waals surface area contributed by atoms with E-state index in [0.29, 0.717) is 0 Å².